The molecule has 0 aliphatic carbocycles. The number of halogens is 1. The number of ether oxygens (including phenoxy) is 1. The van der Waals surface area contributed by atoms with Crippen LogP contribution < -0.4 is 4.74 Å². The van der Waals surface area contributed by atoms with Gasteiger partial charge in [0.1, 0.15) is 5.75 Å². The van der Waals surface area contributed by atoms with Crippen molar-refractivity contribution >= 4 is 17.4 Å². The van der Waals surface area contributed by atoms with Gasteiger partial charge in [0.05, 0.1) is 0 Å². The molecule has 0 unspecified atom stereocenters. The minimum atomic E-state index is -0.00523. The Balaban J connectivity index is 2.15. The predicted molar refractivity (Wildman–Crippen MR) is 90.3 cm³/mol. The molecule has 0 N–H and O–H groups in total. The van der Waals surface area contributed by atoms with Crippen molar-refractivity contribution in [2.75, 3.05) is 6.61 Å². The van der Waals surface area contributed by atoms with E-state index >= 15 is 0 Å². The molecule has 1 aromatic carbocycles. The van der Waals surface area contributed by atoms with Crippen LogP contribution in [0.25, 0.3) is 0 Å². The maximum Gasteiger partial charge on any atom is 0.202 e. The Morgan fingerprint density at radius 1 is 1.23 bits per heavy atom. The van der Waals surface area contributed by atoms with E-state index in [0.29, 0.717) is 16.8 Å². The molecule has 0 saturated heterocycles. The third-order valence-corrected chi connectivity index (χ3v) is 4.03. The minimum Gasteiger partial charge on any atom is -0.485 e. The lowest BCUT2D eigenvalue weighted by Gasteiger charge is -2.13. The largest absolute Gasteiger partial charge is 0.485 e. The number of carbonyl (C=O) groups excluding carboxylic acids is 1. The topological polar surface area (TPSA) is 31.2 Å². The minimum absolute atomic E-state index is 0.00523. The Bertz CT molecular complexity index is 701. The van der Waals surface area contributed by atoms with Gasteiger partial charge in [-0.1, -0.05) is 11.6 Å². The van der Waals surface area contributed by atoms with Crippen molar-refractivity contribution in [3.8, 4) is 5.75 Å². The normalized spacial score (nSPS) is 11.0. The first kappa shape index (κ1) is 16.6. The van der Waals surface area contributed by atoms with Crippen LogP contribution in [-0.4, -0.2) is 17.0 Å². The Kier molecular flexibility index (Phi) is 4.97. The number of Topliss-reactive ketones (excluding diaryl/α,β-unsaturated/α-hetero) is 1. The zero-order chi connectivity index (χ0) is 16.4. The molecule has 0 amide bonds. The Morgan fingerprint density at radius 3 is 2.45 bits per heavy atom. The molecule has 0 radical (unpaired) electrons. The number of carbonyl (C=O) groups is 1. The van der Waals surface area contributed by atoms with E-state index in [1.54, 1.807) is 12.1 Å². The second kappa shape index (κ2) is 6.57. The predicted octanol–water partition coefficient (Wildman–Crippen LogP) is 4.91. The van der Waals surface area contributed by atoms with Crippen molar-refractivity contribution in [2.24, 2.45) is 0 Å². The molecule has 2 aromatic rings. The number of nitrogens with zero attached hydrogens (tertiary/aromatic N) is 1. The number of hydrogen-bond donors (Lipinski definition) is 0. The molecule has 0 saturated carbocycles. The van der Waals surface area contributed by atoms with E-state index in [0.717, 1.165) is 22.5 Å². The van der Waals surface area contributed by atoms with E-state index in [4.69, 9.17) is 16.3 Å². The van der Waals surface area contributed by atoms with Crippen LogP contribution in [0.3, 0.4) is 0 Å². The van der Waals surface area contributed by atoms with Crippen LogP contribution in [0.2, 0.25) is 5.02 Å². The summed E-state index contributed by atoms with van der Waals surface area (Å²) in [6, 6.07) is 7.66. The van der Waals surface area contributed by atoms with Gasteiger partial charge in [0.2, 0.25) is 5.78 Å². The third-order valence-electron chi connectivity index (χ3n) is 3.80. The van der Waals surface area contributed by atoms with Crippen LogP contribution >= 0.6 is 11.6 Å². The van der Waals surface area contributed by atoms with Crippen molar-refractivity contribution in [3.63, 3.8) is 0 Å². The van der Waals surface area contributed by atoms with E-state index in [1.165, 1.54) is 0 Å². The molecule has 22 heavy (non-hydrogen) atoms. The van der Waals surface area contributed by atoms with Crippen molar-refractivity contribution in [1.82, 2.24) is 4.57 Å². The van der Waals surface area contributed by atoms with Crippen LogP contribution in [0.15, 0.2) is 24.3 Å². The van der Waals surface area contributed by atoms with E-state index in [1.807, 2.05) is 32.9 Å². The maximum absolute atomic E-state index is 12.4. The van der Waals surface area contributed by atoms with Gasteiger partial charge in [-0.25, -0.2) is 0 Å². The average Bonchev–Trinajstić information content (AvgIpc) is 2.72. The molecular weight excluding hydrogens is 298 g/mol. The summed E-state index contributed by atoms with van der Waals surface area (Å²) in [5, 5.41) is 0.664. The first-order valence-electron chi connectivity index (χ1n) is 7.41. The molecule has 0 fully saturated rings. The molecule has 1 aromatic heterocycles. The van der Waals surface area contributed by atoms with Gasteiger partial charge in [0.25, 0.3) is 0 Å². The Hall–Kier alpha value is -1.74. The molecule has 0 spiro atoms. The first-order chi connectivity index (χ1) is 10.3. The fraction of sp³-hybridized carbons (Fsp3) is 0.389. The van der Waals surface area contributed by atoms with Gasteiger partial charge in [-0.2, -0.15) is 0 Å². The Labute approximate surface area is 136 Å². The number of aromatic nitrogens is 1. The molecule has 4 heteroatoms. The quantitative estimate of drug-likeness (QED) is 0.733. The smallest absolute Gasteiger partial charge is 0.202 e. The summed E-state index contributed by atoms with van der Waals surface area (Å²) >= 11 is 5.92. The summed E-state index contributed by atoms with van der Waals surface area (Å²) in [5.74, 6) is 0.685. The van der Waals surface area contributed by atoms with Crippen LogP contribution in [-0.2, 0) is 0 Å². The number of hydrogen-bond acceptors (Lipinski definition) is 2. The van der Waals surface area contributed by atoms with Crippen molar-refractivity contribution < 1.29 is 9.53 Å². The second-order valence-electron chi connectivity index (χ2n) is 5.87. The van der Waals surface area contributed by atoms with Gasteiger partial charge in [0, 0.05) is 28.0 Å². The number of aryl methyl sites for hydroxylation is 2. The Morgan fingerprint density at radius 2 is 1.91 bits per heavy atom. The summed E-state index contributed by atoms with van der Waals surface area (Å²) in [5.41, 5.74) is 3.75. The summed E-state index contributed by atoms with van der Waals surface area (Å²) in [6.07, 6.45) is 0. The number of rotatable bonds is 5. The van der Waals surface area contributed by atoms with Gasteiger partial charge in [-0.05, 0) is 64.4 Å². The standard InChI is InChI=1S/C18H22ClNO2/c1-11(2)20-13(4)9-16(14(20)5)17(21)10-22-18-7-6-15(19)8-12(18)3/h6-9,11H,10H2,1-5H3. The number of ketones is 1. The van der Waals surface area contributed by atoms with Gasteiger partial charge in [-0.15, -0.1) is 0 Å². The molecule has 3 nitrogen and oxygen atoms in total. The van der Waals surface area contributed by atoms with Crippen molar-refractivity contribution in [2.45, 2.75) is 40.7 Å². The van der Waals surface area contributed by atoms with E-state index in [9.17, 15) is 4.79 Å². The molecular formula is C18H22ClNO2. The highest BCUT2D eigenvalue weighted by atomic mass is 35.5. The third kappa shape index (κ3) is 3.36. The molecule has 0 bridgehead atoms. The zero-order valence-electron chi connectivity index (χ0n) is 13.7. The fourth-order valence-corrected chi connectivity index (χ4v) is 3.08. The molecule has 0 atom stereocenters. The van der Waals surface area contributed by atoms with Gasteiger partial charge < -0.3 is 9.30 Å². The summed E-state index contributed by atoms with van der Waals surface area (Å²) in [4.78, 5) is 12.4. The lowest BCUT2D eigenvalue weighted by Crippen LogP contribution is -2.13. The summed E-state index contributed by atoms with van der Waals surface area (Å²) in [7, 11) is 0. The van der Waals surface area contributed by atoms with Crippen LogP contribution in [0.4, 0.5) is 0 Å². The SMILES string of the molecule is Cc1cc(Cl)ccc1OCC(=O)c1cc(C)n(C(C)C)c1C. The molecule has 118 valence electrons. The lowest BCUT2D eigenvalue weighted by molar-refractivity contribution is 0.0920. The summed E-state index contributed by atoms with van der Waals surface area (Å²) < 4.78 is 7.82. The summed E-state index contributed by atoms with van der Waals surface area (Å²) in [6.45, 7) is 10.2. The van der Waals surface area contributed by atoms with Crippen molar-refractivity contribution in [1.29, 1.82) is 0 Å². The lowest BCUT2D eigenvalue weighted by atomic mass is 10.1. The average molecular weight is 320 g/mol. The van der Waals surface area contributed by atoms with Gasteiger partial charge in [-0.3, -0.25) is 4.79 Å². The highest BCUT2D eigenvalue weighted by molar-refractivity contribution is 6.30. The molecule has 2 rings (SSSR count). The van der Waals surface area contributed by atoms with Crippen LogP contribution in [0, 0.1) is 20.8 Å². The molecule has 0 aliphatic rings. The van der Waals surface area contributed by atoms with Gasteiger partial charge >= 0.3 is 0 Å². The highest BCUT2D eigenvalue weighted by Gasteiger charge is 2.17. The fourth-order valence-electron chi connectivity index (χ4n) is 2.85. The zero-order valence-corrected chi connectivity index (χ0v) is 14.5. The second-order valence-corrected chi connectivity index (χ2v) is 6.31. The van der Waals surface area contributed by atoms with Crippen LogP contribution in [0.5, 0.6) is 5.75 Å². The van der Waals surface area contributed by atoms with E-state index in [-0.39, 0.29) is 12.4 Å². The first-order valence-corrected chi connectivity index (χ1v) is 7.79. The molecule has 1 heterocycles. The van der Waals surface area contributed by atoms with Gasteiger partial charge in [0.15, 0.2) is 6.61 Å². The van der Waals surface area contributed by atoms with Crippen LogP contribution in [0.1, 0.15) is 47.2 Å². The van der Waals surface area contributed by atoms with E-state index < -0.39 is 0 Å². The maximum atomic E-state index is 12.4. The molecule has 0 aliphatic heterocycles. The number of benzene rings is 1. The highest BCUT2D eigenvalue weighted by Crippen LogP contribution is 2.23. The van der Waals surface area contributed by atoms with E-state index in [2.05, 4.69) is 18.4 Å². The van der Waals surface area contributed by atoms with Crippen molar-refractivity contribution in [3.05, 3.63) is 51.8 Å². The monoisotopic (exact) mass is 319 g/mol.